The summed E-state index contributed by atoms with van der Waals surface area (Å²) in [6, 6.07) is 5.16. The Bertz CT molecular complexity index is 640. The highest BCUT2D eigenvalue weighted by Crippen LogP contribution is 2.20. The van der Waals surface area contributed by atoms with E-state index in [1.54, 1.807) is 12.1 Å². The van der Waals surface area contributed by atoms with Crippen molar-refractivity contribution >= 4 is 6.03 Å². The molecule has 2 aliphatic heterocycles. The maximum absolute atomic E-state index is 14.0. The van der Waals surface area contributed by atoms with E-state index >= 15 is 0 Å². The van der Waals surface area contributed by atoms with Gasteiger partial charge < -0.3 is 15.0 Å². The van der Waals surface area contributed by atoms with E-state index in [0.717, 1.165) is 38.2 Å². The van der Waals surface area contributed by atoms with Crippen LogP contribution in [0.5, 0.6) is 5.75 Å². The number of carbonyl (C=O) groups is 1. The Kier molecular flexibility index (Phi) is 5.58. The molecule has 0 saturated carbocycles. The molecule has 1 aromatic carbocycles. The summed E-state index contributed by atoms with van der Waals surface area (Å²) in [6.45, 7) is 7.49. The molecule has 25 heavy (non-hydrogen) atoms. The molecule has 1 fully saturated rings. The normalized spacial score (nSPS) is 20.5. The maximum atomic E-state index is 14.0. The van der Waals surface area contributed by atoms with E-state index in [2.05, 4.69) is 22.4 Å². The second-order valence-corrected chi connectivity index (χ2v) is 6.90. The Morgan fingerprint density at radius 3 is 2.80 bits per heavy atom. The molecular formula is C19H26FN3O2. The van der Waals surface area contributed by atoms with Crippen LogP contribution in [0.2, 0.25) is 0 Å². The van der Waals surface area contributed by atoms with Crippen LogP contribution >= 0.6 is 0 Å². The predicted molar refractivity (Wildman–Crippen MR) is 95.1 cm³/mol. The number of hydrogen-bond donors (Lipinski definition) is 1. The van der Waals surface area contributed by atoms with Crippen LogP contribution in [0.4, 0.5) is 9.18 Å². The zero-order valence-electron chi connectivity index (χ0n) is 14.9. The summed E-state index contributed by atoms with van der Waals surface area (Å²) >= 11 is 0. The summed E-state index contributed by atoms with van der Waals surface area (Å²) < 4.78 is 19.4. The van der Waals surface area contributed by atoms with Crippen molar-refractivity contribution in [2.75, 3.05) is 26.2 Å². The first kappa shape index (κ1) is 17.7. The van der Waals surface area contributed by atoms with Crippen LogP contribution in [-0.4, -0.2) is 54.2 Å². The third kappa shape index (κ3) is 4.51. The minimum absolute atomic E-state index is 0.0750. The number of halogens is 1. The van der Waals surface area contributed by atoms with Gasteiger partial charge in [-0.05, 0) is 38.0 Å². The Balaban J connectivity index is 1.48. The molecule has 2 aliphatic rings. The number of carbonyl (C=O) groups excluding carboxylic acids is 1. The molecule has 1 unspecified atom stereocenters. The molecule has 3 rings (SSSR count). The lowest BCUT2D eigenvalue weighted by molar-refractivity contribution is 0.199. The molecular weight excluding hydrogens is 321 g/mol. The fourth-order valence-electron chi connectivity index (χ4n) is 3.31. The highest BCUT2D eigenvalue weighted by atomic mass is 19.1. The fourth-order valence-corrected chi connectivity index (χ4v) is 3.31. The van der Waals surface area contributed by atoms with Crippen LogP contribution in [-0.2, 0) is 6.54 Å². The number of nitrogens with zero attached hydrogens (tertiary/aromatic N) is 2. The van der Waals surface area contributed by atoms with E-state index < -0.39 is 5.82 Å². The summed E-state index contributed by atoms with van der Waals surface area (Å²) in [5.41, 5.74) is 0.724. The van der Waals surface area contributed by atoms with Crippen LogP contribution in [0.3, 0.4) is 0 Å². The molecule has 6 heteroatoms. The number of urea groups is 1. The fraction of sp³-hybridized carbons (Fsp3) is 0.526. The lowest BCUT2D eigenvalue weighted by Gasteiger charge is -2.23. The molecule has 0 spiro atoms. The topological polar surface area (TPSA) is 44.8 Å². The van der Waals surface area contributed by atoms with Crippen LogP contribution in [0.15, 0.2) is 30.4 Å². The quantitative estimate of drug-likeness (QED) is 0.833. The van der Waals surface area contributed by atoms with Gasteiger partial charge in [-0.3, -0.25) is 4.90 Å². The zero-order chi connectivity index (χ0) is 17.8. The van der Waals surface area contributed by atoms with Crippen molar-refractivity contribution in [3.8, 4) is 5.75 Å². The Hall–Kier alpha value is -2.08. The van der Waals surface area contributed by atoms with Gasteiger partial charge in [-0.25, -0.2) is 9.18 Å². The Morgan fingerprint density at radius 1 is 1.36 bits per heavy atom. The number of likely N-dealkylation sites (tertiary alicyclic amines) is 1. The summed E-state index contributed by atoms with van der Waals surface area (Å²) in [5, 5.41) is 2.88. The molecule has 1 atom stereocenters. The van der Waals surface area contributed by atoms with Gasteiger partial charge in [-0.15, -0.1) is 0 Å². The Labute approximate surface area is 148 Å². The zero-order valence-corrected chi connectivity index (χ0v) is 14.9. The molecule has 5 nitrogen and oxygen atoms in total. The van der Waals surface area contributed by atoms with Gasteiger partial charge in [-0.1, -0.05) is 18.2 Å². The first-order chi connectivity index (χ1) is 12.0. The lowest BCUT2D eigenvalue weighted by atomic mass is 10.2. The van der Waals surface area contributed by atoms with Crippen molar-refractivity contribution in [1.82, 2.24) is 15.1 Å². The number of nitrogens with one attached hydrogen (secondary N) is 1. The van der Waals surface area contributed by atoms with Gasteiger partial charge >= 0.3 is 6.03 Å². The average molecular weight is 347 g/mol. The van der Waals surface area contributed by atoms with E-state index in [9.17, 15) is 9.18 Å². The SMILES string of the molecule is CC(C)Oc1ccc(CNC(=O)N2CCC(N3CC=CC3)C2)cc1F. The molecule has 0 bridgehead atoms. The van der Waals surface area contributed by atoms with E-state index in [0.29, 0.717) is 12.6 Å². The van der Waals surface area contributed by atoms with Crippen molar-refractivity contribution < 1.29 is 13.9 Å². The van der Waals surface area contributed by atoms with E-state index in [1.165, 1.54) is 6.07 Å². The van der Waals surface area contributed by atoms with E-state index in [4.69, 9.17) is 4.74 Å². The minimum atomic E-state index is -0.400. The molecule has 0 aliphatic carbocycles. The van der Waals surface area contributed by atoms with E-state index in [1.807, 2.05) is 18.7 Å². The first-order valence-electron chi connectivity index (χ1n) is 8.90. The van der Waals surface area contributed by atoms with Gasteiger partial charge in [0, 0.05) is 38.8 Å². The Morgan fingerprint density at radius 2 is 2.12 bits per heavy atom. The van der Waals surface area contributed by atoms with Crippen molar-refractivity contribution in [2.24, 2.45) is 0 Å². The van der Waals surface area contributed by atoms with Crippen LogP contribution in [0.1, 0.15) is 25.8 Å². The van der Waals surface area contributed by atoms with Gasteiger partial charge in [0.25, 0.3) is 0 Å². The van der Waals surface area contributed by atoms with Crippen LogP contribution in [0.25, 0.3) is 0 Å². The van der Waals surface area contributed by atoms with Gasteiger partial charge in [0.15, 0.2) is 11.6 Å². The molecule has 1 N–H and O–H groups in total. The second-order valence-electron chi connectivity index (χ2n) is 6.90. The van der Waals surface area contributed by atoms with Crippen LogP contribution in [0, 0.1) is 5.82 Å². The third-order valence-electron chi connectivity index (χ3n) is 4.62. The number of ether oxygens (including phenoxy) is 1. The van der Waals surface area contributed by atoms with Gasteiger partial charge in [0.05, 0.1) is 6.10 Å². The summed E-state index contributed by atoms with van der Waals surface area (Å²) in [4.78, 5) is 16.6. The van der Waals surface area contributed by atoms with Gasteiger partial charge in [0.1, 0.15) is 0 Å². The summed E-state index contributed by atoms with van der Waals surface area (Å²) in [5.74, 6) is -0.157. The highest BCUT2D eigenvalue weighted by molar-refractivity contribution is 5.74. The minimum Gasteiger partial charge on any atom is -0.488 e. The van der Waals surface area contributed by atoms with E-state index in [-0.39, 0.29) is 17.9 Å². The summed E-state index contributed by atoms with van der Waals surface area (Å²) in [6.07, 6.45) is 5.27. The van der Waals surface area contributed by atoms with Crippen LogP contribution < -0.4 is 10.1 Å². The number of amides is 2. The number of hydrogen-bond acceptors (Lipinski definition) is 3. The highest BCUT2D eigenvalue weighted by Gasteiger charge is 2.30. The molecule has 136 valence electrons. The maximum Gasteiger partial charge on any atom is 0.317 e. The smallest absolute Gasteiger partial charge is 0.317 e. The number of benzene rings is 1. The standard InChI is InChI=1S/C19H26FN3O2/c1-14(2)25-18-6-5-15(11-17(18)20)12-21-19(24)23-10-7-16(13-23)22-8-3-4-9-22/h3-6,11,14,16H,7-10,12-13H2,1-2H3,(H,21,24). The van der Waals surface area contributed by atoms with Crippen molar-refractivity contribution in [3.63, 3.8) is 0 Å². The van der Waals surface area contributed by atoms with Crippen molar-refractivity contribution in [1.29, 1.82) is 0 Å². The molecule has 2 amide bonds. The van der Waals surface area contributed by atoms with Crippen molar-refractivity contribution in [2.45, 2.75) is 39.0 Å². The first-order valence-corrected chi connectivity index (χ1v) is 8.90. The average Bonchev–Trinajstić information content (AvgIpc) is 3.25. The third-order valence-corrected chi connectivity index (χ3v) is 4.62. The van der Waals surface area contributed by atoms with Gasteiger partial charge in [0.2, 0.25) is 0 Å². The largest absolute Gasteiger partial charge is 0.488 e. The predicted octanol–water partition coefficient (Wildman–Crippen LogP) is 2.77. The van der Waals surface area contributed by atoms with Crippen molar-refractivity contribution in [3.05, 3.63) is 41.7 Å². The lowest BCUT2D eigenvalue weighted by Crippen LogP contribution is -2.41. The molecule has 0 aromatic heterocycles. The molecule has 1 aromatic rings. The number of rotatable bonds is 5. The summed E-state index contributed by atoms with van der Waals surface area (Å²) in [7, 11) is 0. The molecule has 1 saturated heterocycles. The molecule has 2 heterocycles. The monoisotopic (exact) mass is 347 g/mol. The second kappa shape index (κ2) is 7.87. The molecule has 0 radical (unpaired) electrons. The van der Waals surface area contributed by atoms with Gasteiger partial charge in [-0.2, -0.15) is 0 Å².